The minimum Gasteiger partial charge on any atom is -0.399 e. The van der Waals surface area contributed by atoms with Crippen molar-refractivity contribution in [2.24, 2.45) is 0 Å². The van der Waals surface area contributed by atoms with Crippen molar-refractivity contribution in [1.82, 2.24) is 14.8 Å². The van der Waals surface area contributed by atoms with Gasteiger partial charge in [-0.3, -0.25) is 4.98 Å². The molecule has 0 aliphatic heterocycles. The van der Waals surface area contributed by atoms with Crippen LogP contribution in [-0.2, 0) is 0 Å². The van der Waals surface area contributed by atoms with Crippen molar-refractivity contribution in [2.75, 3.05) is 5.73 Å². The molecule has 2 aromatic heterocycles. The Hall–Kier alpha value is -3.40. The van der Waals surface area contributed by atoms with E-state index in [0.29, 0.717) is 0 Å². The number of rotatable bonds is 3. The number of nitrogen functional groups attached to an aromatic ring is 1. The van der Waals surface area contributed by atoms with Crippen LogP contribution in [0.3, 0.4) is 0 Å². The maximum absolute atomic E-state index is 6.00. The predicted octanol–water partition coefficient (Wildman–Crippen LogP) is 4.18. The third kappa shape index (κ3) is 2.54. The van der Waals surface area contributed by atoms with E-state index >= 15 is 0 Å². The highest BCUT2D eigenvalue weighted by Crippen LogP contribution is 2.34. The first-order chi connectivity index (χ1) is 11.8. The molecule has 0 radical (unpaired) electrons. The topological polar surface area (TPSA) is 56.7 Å². The summed E-state index contributed by atoms with van der Waals surface area (Å²) in [5.74, 6) is 0. The number of anilines is 1. The van der Waals surface area contributed by atoms with Crippen molar-refractivity contribution in [1.29, 1.82) is 0 Å². The summed E-state index contributed by atoms with van der Waals surface area (Å²) < 4.78 is 1.95. The van der Waals surface area contributed by atoms with Crippen LogP contribution in [-0.4, -0.2) is 14.8 Å². The van der Waals surface area contributed by atoms with Gasteiger partial charge in [0.2, 0.25) is 0 Å². The van der Waals surface area contributed by atoms with E-state index in [4.69, 9.17) is 5.73 Å². The van der Waals surface area contributed by atoms with Crippen molar-refractivity contribution in [3.8, 4) is 28.1 Å². The summed E-state index contributed by atoms with van der Waals surface area (Å²) >= 11 is 0. The molecule has 2 aromatic carbocycles. The Morgan fingerprint density at radius 1 is 0.792 bits per heavy atom. The van der Waals surface area contributed by atoms with Crippen LogP contribution in [0.25, 0.3) is 28.1 Å². The molecule has 4 rings (SSSR count). The largest absolute Gasteiger partial charge is 0.399 e. The van der Waals surface area contributed by atoms with Gasteiger partial charge in [-0.2, -0.15) is 5.10 Å². The second-order valence-corrected chi connectivity index (χ2v) is 5.52. The van der Waals surface area contributed by atoms with E-state index in [-0.39, 0.29) is 0 Å². The molecule has 0 atom stereocenters. The van der Waals surface area contributed by atoms with Crippen molar-refractivity contribution in [3.63, 3.8) is 0 Å². The standard InChI is InChI=1S/C20H16N4/c21-17-6-4-5-16(13-17)20-19(15-9-11-22-12-10-15)14-23-24(20)18-7-2-1-3-8-18/h1-14H,21H2. The van der Waals surface area contributed by atoms with Gasteiger partial charge in [0.1, 0.15) is 0 Å². The van der Waals surface area contributed by atoms with Gasteiger partial charge in [-0.25, -0.2) is 4.68 Å². The normalized spacial score (nSPS) is 10.7. The minimum absolute atomic E-state index is 0.731. The lowest BCUT2D eigenvalue weighted by atomic mass is 10.0. The lowest BCUT2D eigenvalue weighted by molar-refractivity contribution is 0.888. The van der Waals surface area contributed by atoms with Gasteiger partial charge in [-0.1, -0.05) is 30.3 Å². The number of hydrogen-bond acceptors (Lipinski definition) is 3. The fourth-order valence-corrected chi connectivity index (χ4v) is 2.82. The van der Waals surface area contributed by atoms with Crippen molar-refractivity contribution < 1.29 is 0 Å². The van der Waals surface area contributed by atoms with Gasteiger partial charge < -0.3 is 5.73 Å². The third-order valence-electron chi connectivity index (χ3n) is 3.92. The molecule has 0 fully saturated rings. The second-order valence-electron chi connectivity index (χ2n) is 5.52. The van der Waals surface area contributed by atoms with Gasteiger partial charge in [0.05, 0.1) is 17.6 Å². The van der Waals surface area contributed by atoms with Crippen molar-refractivity contribution in [3.05, 3.63) is 85.3 Å². The van der Waals surface area contributed by atoms with Gasteiger partial charge in [0, 0.05) is 29.2 Å². The molecule has 0 aliphatic carbocycles. The van der Waals surface area contributed by atoms with Crippen molar-refractivity contribution >= 4 is 5.69 Å². The Labute approximate surface area is 140 Å². The molecule has 2 heterocycles. The van der Waals surface area contributed by atoms with Crippen LogP contribution in [0.1, 0.15) is 0 Å². The average Bonchev–Trinajstić information content (AvgIpc) is 3.08. The molecule has 4 aromatic rings. The maximum Gasteiger partial charge on any atom is 0.0820 e. The SMILES string of the molecule is Nc1cccc(-c2c(-c3ccncc3)cnn2-c2ccccc2)c1. The van der Waals surface area contributed by atoms with Crippen LogP contribution in [0.5, 0.6) is 0 Å². The molecule has 0 aliphatic rings. The molecule has 24 heavy (non-hydrogen) atoms. The highest BCUT2D eigenvalue weighted by atomic mass is 15.3. The van der Waals surface area contributed by atoms with E-state index in [2.05, 4.69) is 16.1 Å². The number of benzene rings is 2. The summed E-state index contributed by atoms with van der Waals surface area (Å²) in [4.78, 5) is 4.11. The number of aromatic nitrogens is 3. The number of nitrogens with zero attached hydrogens (tertiary/aromatic N) is 3. The molecule has 0 spiro atoms. The summed E-state index contributed by atoms with van der Waals surface area (Å²) in [5, 5.41) is 4.62. The fourth-order valence-electron chi connectivity index (χ4n) is 2.82. The first-order valence-electron chi connectivity index (χ1n) is 7.73. The van der Waals surface area contributed by atoms with Gasteiger partial charge in [0.15, 0.2) is 0 Å². The molecule has 4 heteroatoms. The monoisotopic (exact) mass is 312 g/mol. The van der Waals surface area contributed by atoms with E-state index in [1.807, 2.05) is 71.5 Å². The molecule has 0 saturated heterocycles. The molecule has 0 saturated carbocycles. The quantitative estimate of drug-likeness (QED) is 0.577. The van der Waals surface area contributed by atoms with E-state index in [0.717, 1.165) is 33.8 Å². The lowest BCUT2D eigenvalue weighted by Crippen LogP contribution is -1.99. The van der Waals surface area contributed by atoms with Crippen LogP contribution in [0, 0.1) is 0 Å². The summed E-state index contributed by atoms with van der Waals surface area (Å²) in [7, 11) is 0. The van der Waals surface area contributed by atoms with Gasteiger partial charge in [0.25, 0.3) is 0 Å². The van der Waals surface area contributed by atoms with Crippen molar-refractivity contribution in [2.45, 2.75) is 0 Å². The van der Waals surface area contributed by atoms with Crippen LogP contribution in [0.15, 0.2) is 85.3 Å². The molecular weight excluding hydrogens is 296 g/mol. The molecule has 116 valence electrons. The Kier molecular flexibility index (Phi) is 3.56. The molecule has 4 nitrogen and oxygen atoms in total. The van der Waals surface area contributed by atoms with Crippen LogP contribution in [0.4, 0.5) is 5.69 Å². The molecule has 0 unspecified atom stereocenters. The van der Waals surface area contributed by atoms with E-state index in [1.54, 1.807) is 12.4 Å². The first-order valence-corrected chi connectivity index (χ1v) is 7.73. The van der Waals surface area contributed by atoms with Gasteiger partial charge >= 0.3 is 0 Å². The lowest BCUT2D eigenvalue weighted by Gasteiger charge is -2.11. The number of para-hydroxylation sites is 1. The van der Waals surface area contributed by atoms with E-state index in [9.17, 15) is 0 Å². The van der Waals surface area contributed by atoms with Gasteiger partial charge in [-0.15, -0.1) is 0 Å². The summed E-state index contributed by atoms with van der Waals surface area (Å²) in [5.41, 5.74) is 11.9. The average molecular weight is 312 g/mol. The predicted molar refractivity (Wildman–Crippen MR) is 96.6 cm³/mol. The summed E-state index contributed by atoms with van der Waals surface area (Å²) in [6.07, 6.45) is 5.47. The molecule has 0 amide bonds. The number of pyridine rings is 1. The van der Waals surface area contributed by atoms with E-state index in [1.165, 1.54) is 0 Å². The zero-order valence-electron chi connectivity index (χ0n) is 13.0. The minimum atomic E-state index is 0.731. The smallest absolute Gasteiger partial charge is 0.0820 e. The number of hydrogen-bond donors (Lipinski definition) is 1. The van der Waals surface area contributed by atoms with Crippen LogP contribution in [0.2, 0.25) is 0 Å². The third-order valence-corrected chi connectivity index (χ3v) is 3.92. The molecule has 0 bridgehead atoms. The highest BCUT2D eigenvalue weighted by Gasteiger charge is 2.16. The Bertz CT molecular complexity index is 902. The van der Waals surface area contributed by atoms with Gasteiger partial charge in [-0.05, 0) is 42.0 Å². The summed E-state index contributed by atoms with van der Waals surface area (Å²) in [6.45, 7) is 0. The first kappa shape index (κ1) is 14.2. The molecular formula is C20H16N4. The second kappa shape index (κ2) is 6.01. The Balaban J connectivity index is 1.98. The Morgan fingerprint density at radius 2 is 1.58 bits per heavy atom. The van der Waals surface area contributed by atoms with E-state index < -0.39 is 0 Å². The zero-order valence-corrected chi connectivity index (χ0v) is 13.0. The Morgan fingerprint density at radius 3 is 2.33 bits per heavy atom. The zero-order chi connectivity index (χ0) is 16.4. The maximum atomic E-state index is 6.00. The highest BCUT2D eigenvalue weighted by molar-refractivity contribution is 5.82. The fraction of sp³-hybridized carbons (Fsp3) is 0. The molecule has 2 N–H and O–H groups in total. The van der Waals surface area contributed by atoms with Crippen LogP contribution < -0.4 is 5.73 Å². The number of nitrogens with two attached hydrogens (primary N) is 1. The van der Waals surface area contributed by atoms with Crippen LogP contribution >= 0.6 is 0 Å². The summed E-state index contributed by atoms with van der Waals surface area (Å²) in [6, 6.07) is 21.9.